The first-order valence-corrected chi connectivity index (χ1v) is 10.5. The van der Waals surface area contributed by atoms with Crippen molar-refractivity contribution in [3.63, 3.8) is 0 Å². The molecule has 0 aromatic heterocycles. The van der Waals surface area contributed by atoms with Crippen LogP contribution >= 0.6 is 15.9 Å². The molecule has 3 aromatic rings. The van der Waals surface area contributed by atoms with Gasteiger partial charge < -0.3 is 14.8 Å². The molecule has 0 radical (unpaired) electrons. The Bertz CT molecular complexity index is 1020. The van der Waals surface area contributed by atoms with Crippen molar-refractivity contribution < 1.29 is 14.3 Å². The van der Waals surface area contributed by atoms with Crippen molar-refractivity contribution in [3.8, 4) is 11.5 Å². The molecule has 3 aromatic carbocycles. The maximum atomic E-state index is 12.7. The van der Waals surface area contributed by atoms with Crippen LogP contribution in [0.5, 0.6) is 11.5 Å². The molecule has 0 aliphatic heterocycles. The second-order valence-electron chi connectivity index (χ2n) is 8.02. The Hall–Kier alpha value is -2.79. The number of hydrogen-bond donors (Lipinski definition) is 1. The molecule has 4 nitrogen and oxygen atoms in total. The van der Waals surface area contributed by atoms with E-state index in [-0.39, 0.29) is 11.3 Å². The number of carbonyl (C=O) groups excluding carboxylic acids is 1. The number of methoxy groups -OCH3 is 1. The zero-order valence-corrected chi connectivity index (χ0v) is 19.2. The number of ether oxygens (including phenoxy) is 2. The van der Waals surface area contributed by atoms with Crippen molar-refractivity contribution in [2.45, 2.75) is 32.8 Å². The molecular formula is C25H26BrNO3. The molecule has 1 amide bonds. The van der Waals surface area contributed by atoms with Gasteiger partial charge in [0.1, 0.15) is 18.1 Å². The lowest BCUT2D eigenvalue weighted by Gasteiger charge is -2.19. The van der Waals surface area contributed by atoms with E-state index in [1.165, 1.54) is 5.56 Å². The van der Waals surface area contributed by atoms with E-state index in [0.29, 0.717) is 17.9 Å². The average Bonchev–Trinajstić information content (AvgIpc) is 2.73. The fourth-order valence-corrected chi connectivity index (χ4v) is 3.39. The molecule has 0 heterocycles. The normalized spacial score (nSPS) is 11.1. The molecule has 0 spiro atoms. The monoisotopic (exact) mass is 467 g/mol. The summed E-state index contributed by atoms with van der Waals surface area (Å²) >= 11 is 3.45. The third kappa shape index (κ3) is 5.42. The number of amides is 1. The summed E-state index contributed by atoms with van der Waals surface area (Å²) in [7, 11) is 1.61. The molecule has 0 saturated carbocycles. The second kappa shape index (κ2) is 9.35. The lowest BCUT2D eigenvalue weighted by molar-refractivity contribution is 0.102. The van der Waals surface area contributed by atoms with Gasteiger partial charge in [-0.05, 0) is 69.4 Å². The molecule has 5 heteroatoms. The highest BCUT2D eigenvalue weighted by molar-refractivity contribution is 9.10. The van der Waals surface area contributed by atoms with E-state index in [0.717, 1.165) is 21.5 Å². The van der Waals surface area contributed by atoms with E-state index in [2.05, 4.69) is 54.2 Å². The summed E-state index contributed by atoms with van der Waals surface area (Å²) in [6.45, 7) is 6.84. The SMILES string of the molecule is COc1ccc(C(=O)Nc2ccccc2Br)cc1COc1ccc(C(C)(C)C)cc1. The zero-order valence-electron chi connectivity index (χ0n) is 17.7. The molecule has 0 bridgehead atoms. The highest BCUT2D eigenvalue weighted by Gasteiger charge is 2.14. The smallest absolute Gasteiger partial charge is 0.255 e. The molecule has 0 fully saturated rings. The van der Waals surface area contributed by atoms with E-state index in [4.69, 9.17) is 9.47 Å². The molecule has 0 aliphatic carbocycles. The number of anilines is 1. The van der Waals surface area contributed by atoms with E-state index < -0.39 is 0 Å². The van der Waals surface area contributed by atoms with Crippen LogP contribution in [0.3, 0.4) is 0 Å². The van der Waals surface area contributed by atoms with Crippen LogP contribution in [0.15, 0.2) is 71.2 Å². The summed E-state index contributed by atoms with van der Waals surface area (Å²) in [6.07, 6.45) is 0. The van der Waals surface area contributed by atoms with Crippen molar-refractivity contribution in [1.82, 2.24) is 0 Å². The Kier molecular flexibility index (Phi) is 6.83. The number of nitrogens with one attached hydrogen (secondary N) is 1. The molecule has 0 saturated heterocycles. The van der Waals surface area contributed by atoms with Gasteiger partial charge in [0, 0.05) is 15.6 Å². The van der Waals surface area contributed by atoms with Crippen molar-refractivity contribution >= 4 is 27.5 Å². The van der Waals surface area contributed by atoms with Crippen LogP contribution in [0.25, 0.3) is 0 Å². The second-order valence-corrected chi connectivity index (χ2v) is 8.88. The Morgan fingerprint density at radius 2 is 1.70 bits per heavy atom. The average molecular weight is 468 g/mol. The zero-order chi connectivity index (χ0) is 21.7. The topological polar surface area (TPSA) is 47.6 Å². The number of benzene rings is 3. The van der Waals surface area contributed by atoms with E-state index in [1.807, 2.05) is 36.4 Å². The molecule has 0 aliphatic rings. The van der Waals surface area contributed by atoms with Gasteiger partial charge in [0.05, 0.1) is 12.8 Å². The van der Waals surface area contributed by atoms with Crippen LogP contribution in [0.1, 0.15) is 42.3 Å². The van der Waals surface area contributed by atoms with Crippen molar-refractivity contribution in [2.24, 2.45) is 0 Å². The maximum absolute atomic E-state index is 12.7. The Morgan fingerprint density at radius 1 is 1.00 bits per heavy atom. The van der Waals surface area contributed by atoms with Gasteiger partial charge in [0.2, 0.25) is 0 Å². The van der Waals surface area contributed by atoms with Crippen LogP contribution in [0.4, 0.5) is 5.69 Å². The molecule has 1 N–H and O–H groups in total. The van der Waals surface area contributed by atoms with Crippen molar-refractivity contribution in [1.29, 1.82) is 0 Å². The van der Waals surface area contributed by atoms with E-state index in [9.17, 15) is 4.79 Å². The first kappa shape index (κ1) is 21.9. The summed E-state index contributed by atoms with van der Waals surface area (Å²) in [5.41, 5.74) is 3.40. The minimum Gasteiger partial charge on any atom is -0.496 e. The van der Waals surface area contributed by atoms with Gasteiger partial charge in [0.25, 0.3) is 5.91 Å². The predicted octanol–water partition coefficient (Wildman–Crippen LogP) is 6.59. The van der Waals surface area contributed by atoms with Gasteiger partial charge in [-0.2, -0.15) is 0 Å². The van der Waals surface area contributed by atoms with Gasteiger partial charge >= 0.3 is 0 Å². The van der Waals surface area contributed by atoms with Gasteiger partial charge in [-0.25, -0.2) is 0 Å². The fourth-order valence-electron chi connectivity index (χ4n) is 3.00. The number of para-hydroxylation sites is 1. The van der Waals surface area contributed by atoms with Crippen LogP contribution < -0.4 is 14.8 Å². The summed E-state index contributed by atoms with van der Waals surface area (Å²) in [4.78, 5) is 12.7. The standard InChI is InChI=1S/C25H26BrNO3/c1-25(2,3)19-10-12-20(13-11-19)30-16-18-15-17(9-14-23(18)29-4)24(28)27-22-8-6-5-7-21(22)26/h5-15H,16H2,1-4H3,(H,27,28). The summed E-state index contributed by atoms with van der Waals surface area (Å²) < 4.78 is 12.2. The summed E-state index contributed by atoms with van der Waals surface area (Å²) in [5, 5.41) is 2.92. The van der Waals surface area contributed by atoms with E-state index >= 15 is 0 Å². The molecule has 0 atom stereocenters. The highest BCUT2D eigenvalue weighted by Crippen LogP contribution is 2.27. The predicted molar refractivity (Wildman–Crippen MR) is 125 cm³/mol. The Labute approximate surface area is 186 Å². The number of rotatable bonds is 6. The third-order valence-corrected chi connectivity index (χ3v) is 5.47. The molecule has 0 unspecified atom stereocenters. The molecule has 30 heavy (non-hydrogen) atoms. The highest BCUT2D eigenvalue weighted by atomic mass is 79.9. The first-order valence-electron chi connectivity index (χ1n) is 9.74. The number of halogens is 1. The molecule has 3 rings (SSSR count). The van der Waals surface area contributed by atoms with Gasteiger partial charge in [-0.1, -0.05) is 45.0 Å². The Morgan fingerprint density at radius 3 is 2.33 bits per heavy atom. The van der Waals surface area contributed by atoms with Crippen molar-refractivity contribution in [2.75, 3.05) is 12.4 Å². The van der Waals surface area contributed by atoms with E-state index in [1.54, 1.807) is 25.3 Å². The van der Waals surface area contributed by atoms with Crippen LogP contribution in [0, 0.1) is 0 Å². The van der Waals surface area contributed by atoms with Gasteiger partial charge in [0.15, 0.2) is 0 Å². The minimum absolute atomic E-state index is 0.0944. The summed E-state index contributed by atoms with van der Waals surface area (Å²) in [5.74, 6) is 1.26. The maximum Gasteiger partial charge on any atom is 0.255 e. The Balaban J connectivity index is 1.74. The third-order valence-electron chi connectivity index (χ3n) is 4.78. The van der Waals surface area contributed by atoms with Gasteiger partial charge in [-0.3, -0.25) is 4.79 Å². The van der Waals surface area contributed by atoms with Crippen LogP contribution in [-0.2, 0) is 12.0 Å². The fraction of sp³-hybridized carbons (Fsp3) is 0.240. The summed E-state index contributed by atoms with van der Waals surface area (Å²) in [6, 6.07) is 20.9. The van der Waals surface area contributed by atoms with Crippen LogP contribution in [-0.4, -0.2) is 13.0 Å². The molecule has 156 valence electrons. The molecular weight excluding hydrogens is 442 g/mol. The lowest BCUT2D eigenvalue weighted by Crippen LogP contribution is -2.13. The lowest BCUT2D eigenvalue weighted by atomic mass is 9.87. The van der Waals surface area contributed by atoms with Gasteiger partial charge in [-0.15, -0.1) is 0 Å². The largest absolute Gasteiger partial charge is 0.496 e. The van der Waals surface area contributed by atoms with Crippen LogP contribution in [0.2, 0.25) is 0 Å². The number of hydrogen-bond acceptors (Lipinski definition) is 3. The minimum atomic E-state index is -0.194. The number of carbonyl (C=O) groups is 1. The first-order chi connectivity index (χ1) is 14.3. The quantitative estimate of drug-likeness (QED) is 0.444. The van der Waals surface area contributed by atoms with Crippen molar-refractivity contribution in [3.05, 3.63) is 87.9 Å².